The molecule has 5 nitrogen and oxygen atoms in total. The van der Waals surface area contributed by atoms with Gasteiger partial charge in [-0.2, -0.15) is 0 Å². The number of hydrogen-bond donors (Lipinski definition) is 3. The highest BCUT2D eigenvalue weighted by atomic mass is 16.1. The molecule has 1 amide bonds. The number of carbonyl (C=O) groups excluding carboxylic acids is 1. The van der Waals surface area contributed by atoms with Crippen LogP contribution in [0.1, 0.15) is 56.3 Å². The predicted octanol–water partition coefficient (Wildman–Crippen LogP) is 2.53. The molecule has 0 aliphatic carbocycles. The molecular formula is C14H24N4O. The fourth-order valence-electron chi connectivity index (χ4n) is 2.06. The lowest BCUT2D eigenvalue weighted by Gasteiger charge is -2.20. The lowest BCUT2D eigenvalue weighted by atomic mass is 10.0. The summed E-state index contributed by atoms with van der Waals surface area (Å²) < 4.78 is 0. The minimum absolute atomic E-state index is 0.319. The molecule has 0 aliphatic rings. The standard InChI is InChI=1S/C14H24N4O/c1-3-5-7-11(6-4-2)18-14-12(13(16)19)8-10(15)9-17-14/h8-9,11H,3-7,15H2,1-2H3,(H2,16,19)(H,17,18). The number of primary amides is 1. The van der Waals surface area contributed by atoms with Crippen LogP contribution in [0.4, 0.5) is 11.5 Å². The first-order chi connectivity index (χ1) is 9.08. The zero-order chi connectivity index (χ0) is 14.3. The van der Waals surface area contributed by atoms with Crippen LogP contribution in [0.15, 0.2) is 12.3 Å². The van der Waals surface area contributed by atoms with Crippen molar-refractivity contribution >= 4 is 17.4 Å². The minimum Gasteiger partial charge on any atom is -0.397 e. The number of unbranched alkanes of at least 4 members (excludes halogenated alkanes) is 1. The normalized spacial score (nSPS) is 12.1. The highest BCUT2D eigenvalue weighted by Gasteiger charge is 2.14. The van der Waals surface area contributed by atoms with Gasteiger partial charge in [0.2, 0.25) is 0 Å². The van der Waals surface area contributed by atoms with E-state index in [1.165, 1.54) is 6.20 Å². The van der Waals surface area contributed by atoms with Gasteiger partial charge in [-0.3, -0.25) is 4.79 Å². The third kappa shape index (κ3) is 4.77. The Morgan fingerprint density at radius 1 is 1.37 bits per heavy atom. The summed E-state index contributed by atoms with van der Waals surface area (Å²) in [6.07, 6.45) is 7.04. The van der Waals surface area contributed by atoms with Crippen LogP contribution in [0.25, 0.3) is 0 Å². The van der Waals surface area contributed by atoms with Crippen molar-refractivity contribution in [1.82, 2.24) is 4.98 Å². The summed E-state index contributed by atoms with van der Waals surface area (Å²) in [5.41, 5.74) is 11.8. The molecule has 1 aromatic heterocycles. The predicted molar refractivity (Wildman–Crippen MR) is 79.0 cm³/mol. The van der Waals surface area contributed by atoms with E-state index in [-0.39, 0.29) is 0 Å². The van der Waals surface area contributed by atoms with Crippen LogP contribution in [-0.2, 0) is 0 Å². The van der Waals surface area contributed by atoms with E-state index in [0.717, 1.165) is 32.1 Å². The summed E-state index contributed by atoms with van der Waals surface area (Å²) in [7, 11) is 0. The van der Waals surface area contributed by atoms with E-state index in [9.17, 15) is 4.79 Å². The van der Waals surface area contributed by atoms with Gasteiger partial charge < -0.3 is 16.8 Å². The summed E-state index contributed by atoms with van der Waals surface area (Å²) >= 11 is 0. The Bertz CT molecular complexity index is 420. The largest absolute Gasteiger partial charge is 0.397 e. The van der Waals surface area contributed by atoms with Crippen molar-refractivity contribution in [1.29, 1.82) is 0 Å². The third-order valence-corrected chi connectivity index (χ3v) is 3.06. The van der Waals surface area contributed by atoms with Crippen LogP contribution in [0.5, 0.6) is 0 Å². The number of nitrogen functional groups attached to an aromatic ring is 1. The molecule has 0 saturated heterocycles. The molecule has 0 bridgehead atoms. The maximum absolute atomic E-state index is 11.4. The summed E-state index contributed by atoms with van der Waals surface area (Å²) in [5, 5.41) is 3.32. The smallest absolute Gasteiger partial charge is 0.252 e. The number of hydrogen-bond acceptors (Lipinski definition) is 4. The minimum atomic E-state index is -0.506. The second-order valence-electron chi connectivity index (χ2n) is 4.80. The molecule has 0 fully saturated rings. The van der Waals surface area contributed by atoms with Gasteiger partial charge in [-0.25, -0.2) is 4.98 Å². The van der Waals surface area contributed by atoms with Gasteiger partial charge in [0.1, 0.15) is 5.82 Å². The Hall–Kier alpha value is -1.78. The maximum atomic E-state index is 11.4. The third-order valence-electron chi connectivity index (χ3n) is 3.06. The number of aromatic nitrogens is 1. The molecule has 106 valence electrons. The molecule has 19 heavy (non-hydrogen) atoms. The molecule has 0 aromatic carbocycles. The van der Waals surface area contributed by atoms with Gasteiger partial charge in [0.05, 0.1) is 17.4 Å². The van der Waals surface area contributed by atoms with Gasteiger partial charge in [-0.05, 0) is 18.9 Å². The Morgan fingerprint density at radius 2 is 2.11 bits per heavy atom. The van der Waals surface area contributed by atoms with Gasteiger partial charge in [-0.15, -0.1) is 0 Å². The SMILES string of the molecule is CCCCC(CCC)Nc1ncc(N)cc1C(N)=O. The number of nitrogens with zero attached hydrogens (tertiary/aromatic N) is 1. The summed E-state index contributed by atoms with van der Waals surface area (Å²) in [6.45, 7) is 4.31. The molecule has 1 atom stereocenters. The lowest BCUT2D eigenvalue weighted by molar-refractivity contribution is 0.100. The average Bonchev–Trinajstić information content (AvgIpc) is 2.38. The number of amides is 1. The molecule has 5 heteroatoms. The first-order valence-corrected chi connectivity index (χ1v) is 6.90. The van der Waals surface area contributed by atoms with Crippen LogP contribution in [-0.4, -0.2) is 16.9 Å². The number of anilines is 2. The van der Waals surface area contributed by atoms with Crippen molar-refractivity contribution in [2.75, 3.05) is 11.1 Å². The Labute approximate surface area is 114 Å². The van der Waals surface area contributed by atoms with Crippen LogP contribution >= 0.6 is 0 Å². The van der Waals surface area contributed by atoms with Crippen LogP contribution < -0.4 is 16.8 Å². The Morgan fingerprint density at radius 3 is 2.68 bits per heavy atom. The summed E-state index contributed by atoms with van der Waals surface area (Å²) in [4.78, 5) is 15.6. The first kappa shape index (κ1) is 15.3. The summed E-state index contributed by atoms with van der Waals surface area (Å²) in [6, 6.07) is 1.89. The Balaban J connectivity index is 2.85. The van der Waals surface area contributed by atoms with Crippen LogP contribution in [0, 0.1) is 0 Å². The van der Waals surface area contributed by atoms with Gasteiger partial charge in [-0.1, -0.05) is 33.1 Å². The van der Waals surface area contributed by atoms with Gasteiger partial charge in [0, 0.05) is 6.04 Å². The number of rotatable bonds is 8. The molecule has 0 spiro atoms. The monoisotopic (exact) mass is 264 g/mol. The Kier molecular flexibility index (Phi) is 6.12. The van der Waals surface area contributed by atoms with Crippen molar-refractivity contribution in [2.24, 2.45) is 5.73 Å². The molecule has 1 rings (SSSR count). The van der Waals surface area contributed by atoms with E-state index in [0.29, 0.717) is 23.1 Å². The highest BCUT2D eigenvalue weighted by molar-refractivity contribution is 5.98. The van der Waals surface area contributed by atoms with E-state index in [1.807, 2.05) is 0 Å². The zero-order valence-corrected chi connectivity index (χ0v) is 11.8. The van der Waals surface area contributed by atoms with Crippen molar-refractivity contribution in [2.45, 2.75) is 52.0 Å². The second kappa shape index (κ2) is 7.61. The van der Waals surface area contributed by atoms with Gasteiger partial charge >= 0.3 is 0 Å². The van der Waals surface area contributed by atoms with Crippen LogP contribution in [0.2, 0.25) is 0 Å². The van der Waals surface area contributed by atoms with Crippen molar-refractivity contribution < 1.29 is 4.79 Å². The second-order valence-corrected chi connectivity index (χ2v) is 4.80. The molecule has 5 N–H and O–H groups in total. The maximum Gasteiger partial charge on any atom is 0.252 e. The quantitative estimate of drug-likeness (QED) is 0.672. The molecule has 0 saturated carbocycles. The molecule has 1 unspecified atom stereocenters. The lowest BCUT2D eigenvalue weighted by Crippen LogP contribution is -2.23. The first-order valence-electron chi connectivity index (χ1n) is 6.90. The topological polar surface area (TPSA) is 94.0 Å². The molecule has 0 aliphatic heterocycles. The zero-order valence-electron chi connectivity index (χ0n) is 11.8. The van der Waals surface area contributed by atoms with Crippen molar-refractivity contribution in [3.05, 3.63) is 17.8 Å². The fourth-order valence-corrected chi connectivity index (χ4v) is 2.06. The number of nitrogens with one attached hydrogen (secondary N) is 1. The molecular weight excluding hydrogens is 240 g/mol. The number of nitrogens with two attached hydrogens (primary N) is 2. The fraction of sp³-hybridized carbons (Fsp3) is 0.571. The van der Waals surface area contributed by atoms with E-state index in [2.05, 4.69) is 24.1 Å². The molecule has 0 radical (unpaired) electrons. The van der Waals surface area contributed by atoms with Gasteiger partial charge in [0.25, 0.3) is 5.91 Å². The van der Waals surface area contributed by atoms with Crippen molar-refractivity contribution in [3.8, 4) is 0 Å². The van der Waals surface area contributed by atoms with E-state index >= 15 is 0 Å². The van der Waals surface area contributed by atoms with Crippen molar-refractivity contribution in [3.63, 3.8) is 0 Å². The van der Waals surface area contributed by atoms with Gasteiger partial charge in [0.15, 0.2) is 0 Å². The van der Waals surface area contributed by atoms with E-state index < -0.39 is 5.91 Å². The number of carbonyl (C=O) groups is 1. The van der Waals surface area contributed by atoms with Crippen LogP contribution in [0.3, 0.4) is 0 Å². The summed E-state index contributed by atoms with van der Waals surface area (Å²) in [5.74, 6) is 0.0318. The molecule has 1 heterocycles. The van der Waals surface area contributed by atoms with E-state index in [4.69, 9.17) is 11.5 Å². The molecule has 1 aromatic rings. The highest BCUT2D eigenvalue weighted by Crippen LogP contribution is 2.19. The number of pyridine rings is 1. The van der Waals surface area contributed by atoms with E-state index in [1.54, 1.807) is 6.07 Å². The average molecular weight is 264 g/mol.